The Balaban J connectivity index is 1.93. The van der Waals surface area contributed by atoms with Gasteiger partial charge >= 0.3 is 0 Å². The predicted molar refractivity (Wildman–Crippen MR) is 112 cm³/mol. The summed E-state index contributed by atoms with van der Waals surface area (Å²) in [6, 6.07) is 10.6. The maximum Gasteiger partial charge on any atom is 0.262 e. The van der Waals surface area contributed by atoms with E-state index in [1.807, 2.05) is 6.92 Å². The van der Waals surface area contributed by atoms with Gasteiger partial charge in [-0.1, -0.05) is 18.5 Å². The highest BCUT2D eigenvalue weighted by Gasteiger charge is 2.16. The summed E-state index contributed by atoms with van der Waals surface area (Å²) < 4.78 is 32.0. The first-order valence-corrected chi connectivity index (χ1v) is 10.7. The van der Waals surface area contributed by atoms with Crippen LogP contribution in [0.25, 0.3) is 0 Å². The molecular weight excluding hydrogens is 418 g/mol. The standard InChI is InChI=1S/C19H22ClN3O5S/c1-3-10-21-29(26,27)16-8-9-18(17(20)11-16)28-12-19(25)23-15-6-4-14(5-7-15)22-13(2)24/h4-9,11,21H,3,10,12H2,1-2H3,(H,22,24)(H,23,25). The van der Waals surface area contributed by atoms with Gasteiger partial charge in [0.25, 0.3) is 5.91 Å². The van der Waals surface area contributed by atoms with E-state index in [9.17, 15) is 18.0 Å². The summed E-state index contributed by atoms with van der Waals surface area (Å²) in [7, 11) is -3.64. The second-order valence-corrected chi connectivity index (χ2v) is 8.26. The van der Waals surface area contributed by atoms with Gasteiger partial charge in [-0.15, -0.1) is 0 Å². The van der Waals surface area contributed by atoms with Gasteiger partial charge in [0.1, 0.15) is 5.75 Å². The summed E-state index contributed by atoms with van der Waals surface area (Å²) in [6.45, 7) is 3.27. The van der Waals surface area contributed by atoms with Crippen LogP contribution in [0, 0.1) is 0 Å². The zero-order chi connectivity index (χ0) is 21.4. The molecule has 8 nitrogen and oxygen atoms in total. The van der Waals surface area contributed by atoms with E-state index in [2.05, 4.69) is 15.4 Å². The molecular formula is C19H22ClN3O5S. The average molecular weight is 440 g/mol. The number of carbonyl (C=O) groups is 2. The minimum absolute atomic E-state index is 0.0204. The minimum atomic E-state index is -3.64. The maximum absolute atomic E-state index is 12.1. The minimum Gasteiger partial charge on any atom is -0.482 e. The zero-order valence-corrected chi connectivity index (χ0v) is 17.6. The first-order chi connectivity index (χ1) is 13.7. The Bertz CT molecular complexity index is 978. The first kappa shape index (κ1) is 22.7. The third kappa shape index (κ3) is 7.04. The second kappa shape index (κ2) is 10.2. The number of rotatable bonds is 9. The van der Waals surface area contributed by atoms with Crippen molar-refractivity contribution in [3.63, 3.8) is 0 Å². The summed E-state index contributed by atoms with van der Waals surface area (Å²) in [5.74, 6) is -0.418. The number of ether oxygens (including phenoxy) is 1. The van der Waals surface area contributed by atoms with E-state index in [4.69, 9.17) is 16.3 Å². The molecule has 2 rings (SSSR count). The van der Waals surface area contributed by atoms with Crippen LogP contribution in [0.1, 0.15) is 20.3 Å². The molecule has 0 atom stereocenters. The lowest BCUT2D eigenvalue weighted by atomic mass is 10.2. The van der Waals surface area contributed by atoms with Gasteiger partial charge in [-0.2, -0.15) is 0 Å². The Labute approximate surface area is 174 Å². The molecule has 156 valence electrons. The highest BCUT2D eigenvalue weighted by molar-refractivity contribution is 7.89. The van der Waals surface area contributed by atoms with Crippen LogP contribution in [-0.2, 0) is 19.6 Å². The molecule has 0 spiro atoms. The van der Waals surface area contributed by atoms with E-state index in [1.54, 1.807) is 24.3 Å². The molecule has 0 radical (unpaired) electrons. The van der Waals surface area contributed by atoms with Crippen LogP contribution in [0.4, 0.5) is 11.4 Å². The molecule has 29 heavy (non-hydrogen) atoms. The maximum atomic E-state index is 12.1. The van der Waals surface area contributed by atoms with Crippen LogP contribution in [0.5, 0.6) is 5.75 Å². The van der Waals surface area contributed by atoms with Gasteiger partial charge in [0, 0.05) is 24.8 Å². The van der Waals surface area contributed by atoms with Crippen LogP contribution in [0.15, 0.2) is 47.4 Å². The summed E-state index contributed by atoms with van der Waals surface area (Å²) in [5, 5.41) is 5.35. The van der Waals surface area contributed by atoms with Crippen molar-refractivity contribution < 1.29 is 22.7 Å². The number of carbonyl (C=O) groups excluding carboxylic acids is 2. The fourth-order valence-electron chi connectivity index (χ4n) is 2.27. The monoisotopic (exact) mass is 439 g/mol. The van der Waals surface area contributed by atoms with Crippen LogP contribution < -0.4 is 20.1 Å². The largest absolute Gasteiger partial charge is 0.482 e. The van der Waals surface area contributed by atoms with E-state index < -0.39 is 15.9 Å². The Morgan fingerprint density at radius 1 is 1.03 bits per heavy atom. The Morgan fingerprint density at radius 2 is 1.66 bits per heavy atom. The van der Waals surface area contributed by atoms with Crippen molar-refractivity contribution >= 4 is 44.8 Å². The molecule has 0 aliphatic carbocycles. The van der Waals surface area contributed by atoms with Crippen LogP contribution >= 0.6 is 11.6 Å². The van der Waals surface area contributed by atoms with E-state index in [0.29, 0.717) is 24.3 Å². The highest BCUT2D eigenvalue weighted by atomic mass is 35.5. The first-order valence-electron chi connectivity index (χ1n) is 8.81. The van der Waals surface area contributed by atoms with Crippen molar-refractivity contribution in [3.05, 3.63) is 47.5 Å². The molecule has 0 aliphatic heterocycles. The number of halogens is 1. The molecule has 0 saturated carbocycles. The van der Waals surface area contributed by atoms with Crippen LogP contribution in [-0.4, -0.2) is 33.4 Å². The number of sulfonamides is 1. The number of hydrogen-bond donors (Lipinski definition) is 3. The van der Waals surface area contributed by atoms with Crippen molar-refractivity contribution in [2.75, 3.05) is 23.8 Å². The van der Waals surface area contributed by atoms with Crippen molar-refractivity contribution in [1.82, 2.24) is 4.72 Å². The summed E-state index contributed by atoms with van der Waals surface area (Å²) in [4.78, 5) is 23.1. The average Bonchev–Trinajstić information content (AvgIpc) is 2.66. The van der Waals surface area contributed by atoms with Gasteiger partial charge in [0.05, 0.1) is 9.92 Å². The lowest BCUT2D eigenvalue weighted by molar-refractivity contribution is -0.118. The lowest BCUT2D eigenvalue weighted by Crippen LogP contribution is -2.24. The van der Waals surface area contributed by atoms with Crippen LogP contribution in [0.2, 0.25) is 5.02 Å². The number of nitrogens with one attached hydrogen (secondary N) is 3. The molecule has 0 unspecified atom stereocenters. The summed E-state index contributed by atoms with van der Waals surface area (Å²) in [5.41, 5.74) is 1.14. The molecule has 2 amide bonds. The molecule has 2 aromatic rings. The van der Waals surface area contributed by atoms with E-state index in [-0.39, 0.29) is 28.2 Å². The number of benzene rings is 2. The third-order valence-corrected chi connectivity index (χ3v) is 5.36. The van der Waals surface area contributed by atoms with Gasteiger partial charge in [0.15, 0.2) is 6.61 Å². The van der Waals surface area contributed by atoms with Crippen molar-refractivity contribution in [2.45, 2.75) is 25.2 Å². The van der Waals surface area contributed by atoms with Crippen molar-refractivity contribution in [3.8, 4) is 5.75 Å². The van der Waals surface area contributed by atoms with Gasteiger partial charge in [-0.05, 0) is 48.9 Å². The van der Waals surface area contributed by atoms with E-state index in [0.717, 1.165) is 0 Å². The fourth-order valence-corrected chi connectivity index (χ4v) is 3.73. The molecule has 0 heterocycles. The van der Waals surface area contributed by atoms with Crippen molar-refractivity contribution in [2.24, 2.45) is 0 Å². The normalized spacial score (nSPS) is 11.0. The molecule has 0 bridgehead atoms. The van der Waals surface area contributed by atoms with E-state index >= 15 is 0 Å². The van der Waals surface area contributed by atoms with Crippen molar-refractivity contribution in [1.29, 1.82) is 0 Å². The smallest absolute Gasteiger partial charge is 0.262 e. The zero-order valence-electron chi connectivity index (χ0n) is 16.0. The topological polar surface area (TPSA) is 114 Å². The quantitative estimate of drug-likeness (QED) is 0.555. The molecule has 0 aliphatic rings. The molecule has 10 heteroatoms. The summed E-state index contributed by atoms with van der Waals surface area (Å²) in [6.07, 6.45) is 0.666. The number of hydrogen-bond acceptors (Lipinski definition) is 5. The molecule has 2 aromatic carbocycles. The third-order valence-electron chi connectivity index (χ3n) is 3.60. The second-order valence-electron chi connectivity index (χ2n) is 6.09. The molecule has 0 saturated heterocycles. The SMILES string of the molecule is CCCNS(=O)(=O)c1ccc(OCC(=O)Nc2ccc(NC(C)=O)cc2)c(Cl)c1. The number of anilines is 2. The highest BCUT2D eigenvalue weighted by Crippen LogP contribution is 2.27. The molecule has 0 aromatic heterocycles. The predicted octanol–water partition coefficient (Wildman–Crippen LogP) is 3.00. The van der Waals surface area contributed by atoms with Gasteiger partial charge in [-0.25, -0.2) is 13.1 Å². The van der Waals surface area contributed by atoms with Gasteiger partial charge in [0.2, 0.25) is 15.9 Å². The Hall–Kier alpha value is -2.62. The molecule has 3 N–H and O–H groups in total. The van der Waals surface area contributed by atoms with Gasteiger partial charge < -0.3 is 15.4 Å². The van der Waals surface area contributed by atoms with Crippen LogP contribution in [0.3, 0.4) is 0 Å². The van der Waals surface area contributed by atoms with Gasteiger partial charge in [-0.3, -0.25) is 9.59 Å². The van der Waals surface area contributed by atoms with E-state index in [1.165, 1.54) is 25.1 Å². The number of amides is 2. The summed E-state index contributed by atoms with van der Waals surface area (Å²) >= 11 is 6.09. The molecule has 0 fully saturated rings. The Kier molecular flexibility index (Phi) is 8.00. The fraction of sp³-hybridized carbons (Fsp3) is 0.263. The lowest BCUT2D eigenvalue weighted by Gasteiger charge is -2.11. The Morgan fingerprint density at radius 3 is 2.21 bits per heavy atom.